The van der Waals surface area contributed by atoms with E-state index in [4.69, 9.17) is 4.74 Å². The molecule has 1 aromatic carbocycles. The normalized spacial score (nSPS) is 24.9. The van der Waals surface area contributed by atoms with E-state index in [1.165, 1.54) is 30.6 Å². The van der Waals surface area contributed by atoms with Gasteiger partial charge >= 0.3 is 0 Å². The number of ether oxygens (including phenoxy) is 1. The molecule has 2 bridgehead atoms. The van der Waals surface area contributed by atoms with Crippen LogP contribution >= 0.6 is 0 Å². The number of aromatic nitrogens is 3. The average Bonchev–Trinajstić information content (AvgIpc) is 3.86. The highest BCUT2D eigenvalue weighted by Gasteiger charge is 2.52. The molecule has 5 aliphatic heterocycles. The third kappa shape index (κ3) is 6.90. The van der Waals surface area contributed by atoms with Gasteiger partial charge in [0.15, 0.2) is 5.82 Å². The van der Waals surface area contributed by atoms with E-state index in [0.29, 0.717) is 38.4 Å². The van der Waals surface area contributed by atoms with E-state index in [2.05, 4.69) is 31.6 Å². The second-order valence-corrected chi connectivity index (χ2v) is 17.6. The number of hydrogen-bond acceptors (Lipinski definition) is 10. The number of amides is 2. The highest BCUT2D eigenvalue weighted by molar-refractivity contribution is 7.86. The SMILES string of the molecule is C=CC(=O)N1C[C@@H]2C[C@H]1CN2S(=O)(=O)N1CC[C@@H](CN2CCC3(CC2)CN(c2ncnnc2Oc2ccc(F)cc2C(=O)N(C(C)C)C(C)C)C3)C1. The number of piperidine rings is 1. The van der Waals surface area contributed by atoms with Crippen molar-refractivity contribution < 1.29 is 27.1 Å². The zero-order chi connectivity index (χ0) is 36.9. The third-order valence-corrected chi connectivity index (χ3v) is 13.6. The van der Waals surface area contributed by atoms with Crippen LogP contribution in [0.2, 0.25) is 0 Å². The molecule has 5 fully saturated rings. The molecule has 5 aliphatic rings. The van der Waals surface area contributed by atoms with Crippen molar-refractivity contribution in [2.75, 3.05) is 63.8 Å². The fourth-order valence-corrected chi connectivity index (χ4v) is 10.9. The Bertz CT molecular complexity index is 1790. The molecule has 2 amide bonds. The molecule has 0 unspecified atom stereocenters. The predicted octanol–water partition coefficient (Wildman–Crippen LogP) is 3.00. The summed E-state index contributed by atoms with van der Waals surface area (Å²) in [6.45, 7) is 17.4. The van der Waals surface area contributed by atoms with Crippen LogP contribution in [0.25, 0.3) is 0 Å². The molecule has 282 valence electrons. The van der Waals surface area contributed by atoms with Crippen LogP contribution in [0.15, 0.2) is 37.2 Å². The van der Waals surface area contributed by atoms with Crippen LogP contribution in [0.3, 0.4) is 0 Å². The van der Waals surface area contributed by atoms with Crippen LogP contribution < -0.4 is 9.64 Å². The molecule has 0 saturated carbocycles. The molecular formula is C36H50FN9O5S. The Kier molecular flexibility index (Phi) is 10.0. The number of anilines is 1. The molecule has 3 atom stereocenters. The van der Waals surface area contributed by atoms with Crippen LogP contribution in [0.1, 0.15) is 63.7 Å². The predicted molar refractivity (Wildman–Crippen MR) is 192 cm³/mol. The maximum Gasteiger partial charge on any atom is 0.282 e. The van der Waals surface area contributed by atoms with Crippen molar-refractivity contribution in [2.24, 2.45) is 11.3 Å². The van der Waals surface area contributed by atoms with E-state index in [1.54, 1.807) is 18.4 Å². The smallest absolute Gasteiger partial charge is 0.282 e. The summed E-state index contributed by atoms with van der Waals surface area (Å²) in [5.41, 5.74) is 0.247. The number of hydrogen-bond donors (Lipinski definition) is 0. The lowest BCUT2D eigenvalue weighted by molar-refractivity contribution is -0.127. The highest BCUT2D eigenvalue weighted by atomic mass is 32.2. The standard InChI is InChI=1S/C36H50FN9O5S/c1-6-32(47)44-19-29-16-28(44)20-45(29)52(49,50)43-12-9-26(18-43)17-41-13-10-36(11-14-41)21-42(22-36)33-34(40-39-23-38-33)51-31-8-7-27(37)15-30(31)35(48)46(24(2)3)25(4)5/h6-8,15,23-26,28-29H,1,9-14,16-22H2,2-5H3/t26-,28-,29-/m0/s1. The summed E-state index contributed by atoms with van der Waals surface area (Å²) >= 11 is 0. The number of benzene rings is 1. The van der Waals surface area contributed by atoms with Gasteiger partial charge in [-0.25, -0.2) is 9.37 Å². The largest absolute Gasteiger partial charge is 0.434 e. The minimum Gasteiger partial charge on any atom is -0.434 e. The molecule has 1 aromatic heterocycles. The lowest BCUT2D eigenvalue weighted by Crippen LogP contribution is -2.61. The Hall–Kier alpha value is -3.73. The molecule has 0 radical (unpaired) electrons. The fourth-order valence-electron chi connectivity index (χ4n) is 9.02. The van der Waals surface area contributed by atoms with Gasteiger partial charge in [0.05, 0.1) is 5.56 Å². The molecule has 5 saturated heterocycles. The third-order valence-electron chi connectivity index (χ3n) is 11.6. The number of rotatable bonds is 11. The zero-order valence-corrected chi connectivity index (χ0v) is 31.3. The number of halogens is 1. The first-order chi connectivity index (χ1) is 24.8. The second-order valence-electron chi connectivity index (χ2n) is 15.7. The van der Waals surface area contributed by atoms with E-state index in [-0.39, 0.29) is 64.5 Å². The first-order valence-corrected chi connectivity index (χ1v) is 19.8. The minimum atomic E-state index is -3.57. The van der Waals surface area contributed by atoms with Gasteiger partial charge in [-0.05, 0) is 96.7 Å². The van der Waals surface area contributed by atoms with Crippen molar-refractivity contribution in [1.82, 2.24) is 38.5 Å². The van der Waals surface area contributed by atoms with E-state index in [9.17, 15) is 22.4 Å². The summed E-state index contributed by atoms with van der Waals surface area (Å²) in [4.78, 5) is 38.2. The van der Waals surface area contributed by atoms with Gasteiger partial charge in [0.25, 0.3) is 22.0 Å². The second kappa shape index (κ2) is 14.3. The molecule has 0 N–H and O–H groups in total. The van der Waals surface area contributed by atoms with Crippen molar-refractivity contribution in [3.63, 3.8) is 0 Å². The molecule has 52 heavy (non-hydrogen) atoms. The maximum absolute atomic E-state index is 14.4. The monoisotopic (exact) mass is 739 g/mol. The van der Waals surface area contributed by atoms with E-state index in [1.807, 2.05) is 27.7 Å². The van der Waals surface area contributed by atoms with E-state index in [0.717, 1.165) is 52.0 Å². The van der Waals surface area contributed by atoms with Gasteiger partial charge in [-0.2, -0.15) is 17.0 Å². The van der Waals surface area contributed by atoms with Gasteiger partial charge < -0.3 is 24.3 Å². The van der Waals surface area contributed by atoms with E-state index < -0.39 is 16.0 Å². The summed E-state index contributed by atoms with van der Waals surface area (Å²) in [6.07, 6.45) is 6.25. The van der Waals surface area contributed by atoms with Crippen LogP contribution in [0.5, 0.6) is 11.6 Å². The van der Waals surface area contributed by atoms with Crippen molar-refractivity contribution in [3.8, 4) is 11.6 Å². The quantitative estimate of drug-likeness (QED) is 0.317. The number of carbonyl (C=O) groups excluding carboxylic acids is 2. The van der Waals surface area contributed by atoms with Crippen LogP contribution in [0.4, 0.5) is 10.2 Å². The summed E-state index contributed by atoms with van der Waals surface area (Å²) in [5, 5.41) is 8.16. The Balaban J connectivity index is 0.921. The lowest BCUT2D eigenvalue weighted by atomic mass is 9.72. The molecule has 7 rings (SSSR count). The van der Waals surface area contributed by atoms with Crippen LogP contribution in [-0.4, -0.2) is 142 Å². The number of likely N-dealkylation sites (tertiary alicyclic amines) is 2. The topological polar surface area (TPSA) is 136 Å². The van der Waals surface area contributed by atoms with Crippen LogP contribution in [-0.2, 0) is 15.0 Å². The summed E-state index contributed by atoms with van der Waals surface area (Å²) in [7, 11) is -3.57. The Labute approximate surface area is 305 Å². The van der Waals surface area contributed by atoms with Gasteiger partial charge in [0, 0.05) is 75.4 Å². The molecule has 1 spiro atoms. The number of carbonyl (C=O) groups is 2. The first-order valence-electron chi connectivity index (χ1n) is 18.4. The number of piperazine rings is 1. The highest BCUT2D eigenvalue weighted by Crippen LogP contribution is 2.45. The van der Waals surface area contributed by atoms with Gasteiger partial charge in [-0.15, -0.1) is 10.2 Å². The minimum absolute atomic E-state index is 0.0690. The van der Waals surface area contributed by atoms with Crippen molar-refractivity contribution in [3.05, 3.63) is 48.6 Å². The van der Waals surface area contributed by atoms with Crippen molar-refractivity contribution in [2.45, 2.75) is 77.5 Å². The lowest BCUT2D eigenvalue weighted by Gasteiger charge is -2.54. The summed E-state index contributed by atoms with van der Waals surface area (Å²) < 4.78 is 51.1. The summed E-state index contributed by atoms with van der Waals surface area (Å²) in [6, 6.07) is 3.50. The number of fused-ring (bicyclic) bond motifs is 2. The zero-order valence-electron chi connectivity index (χ0n) is 30.5. The number of nitrogens with zero attached hydrogens (tertiary/aromatic N) is 9. The molecule has 14 nitrogen and oxygen atoms in total. The molecule has 0 aliphatic carbocycles. The fraction of sp³-hybridized carbons (Fsp3) is 0.639. The van der Waals surface area contributed by atoms with E-state index >= 15 is 0 Å². The van der Waals surface area contributed by atoms with Crippen LogP contribution in [0, 0.1) is 17.2 Å². The molecule has 6 heterocycles. The van der Waals surface area contributed by atoms with Gasteiger partial charge in [-0.3, -0.25) is 9.59 Å². The van der Waals surface area contributed by atoms with Gasteiger partial charge in [0.1, 0.15) is 17.9 Å². The van der Waals surface area contributed by atoms with Crippen molar-refractivity contribution >= 4 is 27.8 Å². The molecular weight excluding hydrogens is 690 g/mol. The average molecular weight is 740 g/mol. The Morgan fingerprint density at radius 3 is 2.46 bits per heavy atom. The summed E-state index contributed by atoms with van der Waals surface area (Å²) in [5.74, 6) is 0.198. The molecule has 16 heteroatoms. The van der Waals surface area contributed by atoms with Gasteiger partial charge in [0.2, 0.25) is 5.91 Å². The van der Waals surface area contributed by atoms with Crippen molar-refractivity contribution in [1.29, 1.82) is 0 Å². The Morgan fingerprint density at radius 1 is 1.08 bits per heavy atom. The molecule has 2 aromatic rings. The first kappa shape index (κ1) is 36.6. The Morgan fingerprint density at radius 2 is 1.81 bits per heavy atom. The maximum atomic E-state index is 14.4. The van der Waals surface area contributed by atoms with Gasteiger partial charge in [-0.1, -0.05) is 6.58 Å².